The van der Waals surface area contributed by atoms with Crippen LogP contribution >= 0.6 is 0 Å². The number of benzene rings is 1. The number of aryl methyl sites for hydroxylation is 1. The third-order valence-corrected chi connectivity index (χ3v) is 5.14. The molecule has 2 rings (SSSR count). The lowest BCUT2D eigenvalue weighted by Gasteiger charge is -2.19. The zero-order valence-electron chi connectivity index (χ0n) is 11.5. The summed E-state index contributed by atoms with van der Waals surface area (Å²) in [7, 11) is -3.88. The van der Waals surface area contributed by atoms with Gasteiger partial charge in [-0.25, -0.2) is 13.2 Å². The zero-order chi connectivity index (χ0) is 15.6. The second kappa shape index (κ2) is 5.82. The topological polar surface area (TPSA) is 104 Å². The first-order valence-corrected chi connectivity index (χ1v) is 7.87. The van der Waals surface area contributed by atoms with Gasteiger partial charge in [-0.05, 0) is 31.0 Å². The number of aromatic carboxylic acids is 1. The Bertz CT molecular complexity index is 684. The summed E-state index contributed by atoms with van der Waals surface area (Å²) in [5, 5.41) is 11.7. The Hall–Kier alpha value is -1.93. The summed E-state index contributed by atoms with van der Waals surface area (Å²) in [5.41, 5.74) is 0.422. The molecule has 0 radical (unpaired) electrons. The maximum Gasteiger partial charge on any atom is 0.335 e. The van der Waals surface area contributed by atoms with Gasteiger partial charge >= 0.3 is 5.97 Å². The van der Waals surface area contributed by atoms with Crippen molar-refractivity contribution >= 4 is 21.9 Å². The number of hydrogen-bond donors (Lipinski definition) is 2. The van der Waals surface area contributed by atoms with E-state index in [1.165, 1.54) is 12.1 Å². The molecule has 1 heterocycles. The van der Waals surface area contributed by atoms with E-state index in [-0.39, 0.29) is 29.5 Å². The Balaban J connectivity index is 2.41. The molecule has 2 N–H and O–H groups in total. The molecule has 1 aliphatic heterocycles. The molecular formula is C13H16N2O5S. The van der Waals surface area contributed by atoms with E-state index in [4.69, 9.17) is 5.11 Å². The van der Waals surface area contributed by atoms with Crippen molar-refractivity contribution in [2.24, 2.45) is 0 Å². The Morgan fingerprint density at radius 1 is 1.38 bits per heavy atom. The number of carbonyl (C=O) groups is 2. The lowest BCUT2D eigenvalue weighted by atomic mass is 10.1. The van der Waals surface area contributed by atoms with E-state index in [0.29, 0.717) is 18.5 Å². The van der Waals surface area contributed by atoms with Crippen LogP contribution in [0.3, 0.4) is 0 Å². The minimum atomic E-state index is -3.88. The van der Waals surface area contributed by atoms with E-state index >= 15 is 0 Å². The van der Waals surface area contributed by atoms with Crippen molar-refractivity contribution in [3.05, 3.63) is 29.3 Å². The van der Waals surface area contributed by atoms with E-state index in [0.717, 1.165) is 10.4 Å². The molecule has 1 saturated heterocycles. The molecule has 1 amide bonds. The molecule has 1 aromatic carbocycles. The largest absolute Gasteiger partial charge is 0.478 e. The van der Waals surface area contributed by atoms with Crippen molar-refractivity contribution in [2.75, 3.05) is 19.6 Å². The number of carboxylic acids is 1. The van der Waals surface area contributed by atoms with Crippen LogP contribution in [0.2, 0.25) is 0 Å². The van der Waals surface area contributed by atoms with Crippen LogP contribution in [0, 0.1) is 6.92 Å². The number of amides is 1. The maximum absolute atomic E-state index is 12.5. The number of sulfonamides is 1. The van der Waals surface area contributed by atoms with Gasteiger partial charge in [0, 0.05) is 13.1 Å². The third-order valence-electron chi connectivity index (χ3n) is 3.30. The number of carboxylic acid groups (broad SMARTS) is 1. The summed E-state index contributed by atoms with van der Waals surface area (Å²) < 4.78 is 26.1. The van der Waals surface area contributed by atoms with E-state index in [2.05, 4.69) is 5.32 Å². The van der Waals surface area contributed by atoms with Gasteiger partial charge in [0.05, 0.1) is 17.0 Å². The Kier molecular flexibility index (Phi) is 4.29. The van der Waals surface area contributed by atoms with Gasteiger partial charge in [0.1, 0.15) is 0 Å². The maximum atomic E-state index is 12.5. The normalized spacial score (nSPS) is 17.1. The molecule has 7 nitrogen and oxygen atoms in total. The molecule has 0 atom stereocenters. The zero-order valence-corrected chi connectivity index (χ0v) is 12.3. The summed E-state index contributed by atoms with van der Waals surface area (Å²) in [6.07, 6.45) is 0.516. The van der Waals surface area contributed by atoms with Crippen molar-refractivity contribution in [1.82, 2.24) is 9.62 Å². The first kappa shape index (κ1) is 15.5. The van der Waals surface area contributed by atoms with Crippen molar-refractivity contribution in [1.29, 1.82) is 0 Å². The van der Waals surface area contributed by atoms with E-state index < -0.39 is 16.0 Å². The van der Waals surface area contributed by atoms with Gasteiger partial charge in [-0.3, -0.25) is 4.79 Å². The minimum Gasteiger partial charge on any atom is -0.478 e. The van der Waals surface area contributed by atoms with Crippen LogP contribution in [0.1, 0.15) is 22.3 Å². The summed E-state index contributed by atoms with van der Waals surface area (Å²) >= 11 is 0. The molecule has 1 aromatic rings. The standard InChI is InChI=1S/C13H16N2O5S/c1-9-3-4-10(7-11(9)13(17)18)21(19,20)15-6-2-5-14-12(16)8-15/h3-4,7H,2,5-6,8H2,1H3,(H,14,16)(H,17,18). The van der Waals surface area contributed by atoms with Crippen LogP contribution in [0.4, 0.5) is 0 Å². The molecule has 0 aliphatic carbocycles. The summed E-state index contributed by atoms with van der Waals surface area (Å²) in [6.45, 7) is 1.99. The molecule has 0 bridgehead atoms. The summed E-state index contributed by atoms with van der Waals surface area (Å²) in [5.74, 6) is -1.54. The average Bonchev–Trinajstić information content (AvgIpc) is 2.63. The van der Waals surface area contributed by atoms with Crippen LogP contribution in [0.5, 0.6) is 0 Å². The molecule has 1 aliphatic rings. The number of nitrogens with zero attached hydrogens (tertiary/aromatic N) is 1. The van der Waals surface area contributed by atoms with Crippen molar-refractivity contribution in [3.63, 3.8) is 0 Å². The lowest BCUT2D eigenvalue weighted by Crippen LogP contribution is -2.37. The van der Waals surface area contributed by atoms with E-state index in [9.17, 15) is 18.0 Å². The SMILES string of the molecule is Cc1ccc(S(=O)(=O)N2CCCNC(=O)C2)cc1C(=O)O. The van der Waals surface area contributed by atoms with Gasteiger partial charge < -0.3 is 10.4 Å². The first-order chi connectivity index (χ1) is 9.82. The van der Waals surface area contributed by atoms with Crippen LogP contribution in [-0.4, -0.2) is 49.3 Å². The van der Waals surface area contributed by atoms with Crippen LogP contribution in [-0.2, 0) is 14.8 Å². The second-order valence-electron chi connectivity index (χ2n) is 4.82. The average molecular weight is 312 g/mol. The molecule has 114 valence electrons. The third kappa shape index (κ3) is 3.22. The number of hydrogen-bond acceptors (Lipinski definition) is 4. The van der Waals surface area contributed by atoms with Gasteiger partial charge in [-0.1, -0.05) is 6.07 Å². The molecule has 0 saturated carbocycles. The summed E-state index contributed by atoms with van der Waals surface area (Å²) in [6, 6.07) is 3.95. The highest BCUT2D eigenvalue weighted by Crippen LogP contribution is 2.20. The minimum absolute atomic E-state index is 0.0599. The van der Waals surface area contributed by atoms with E-state index in [1.54, 1.807) is 6.92 Å². The molecule has 8 heteroatoms. The van der Waals surface area contributed by atoms with Crippen LogP contribution < -0.4 is 5.32 Å². The number of nitrogens with one attached hydrogen (secondary N) is 1. The van der Waals surface area contributed by atoms with Crippen LogP contribution in [0.25, 0.3) is 0 Å². The lowest BCUT2D eigenvalue weighted by molar-refractivity contribution is -0.120. The first-order valence-electron chi connectivity index (χ1n) is 6.43. The van der Waals surface area contributed by atoms with Crippen molar-refractivity contribution in [2.45, 2.75) is 18.2 Å². The van der Waals surface area contributed by atoms with Crippen LogP contribution in [0.15, 0.2) is 23.1 Å². The molecule has 21 heavy (non-hydrogen) atoms. The fourth-order valence-corrected chi connectivity index (χ4v) is 3.59. The number of carbonyl (C=O) groups excluding carboxylic acids is 1. The fraction of sp³-hybridized carbons (Fsp3) is 0.385. The second-order valence-corrected chi connectivity index (χ2v) is 6.76. The molecule has 0 spiro atoms. The predicted molar refractivity (Wildman–Crippen MR) is 74.5 cm³/mol. The highest BCUT2D eigenvalue weighted by atomic mass is 32.2. The highest BCUT2D eigenvalue weighted by Gasteiger charge is 2.28. The Morgan fingerprint density at radius 3 is 2.76 bits per heavy atom. The van der Waals surface area contributed by atoms with E-state index in [1.807, 2.05) is 0 Å². The molecule has 1 fully saturated rings. The van der Waals surface area contributed by atoms with Gasteiger partial charge in [-0.2, -0.15) is 4.31 Å². The Labute approximate surface area is 122 Å². The van der Waals surface area contributed by atoms with Gasteiger partial charge in [0.2, 0.25) is 15.9 Å². The molecule has 0 aromatic heterocycles. The smallest absolute Gasteiger partial charge is 0.335 e. The monoisotopic (exact) mass is 312 g/mol. The van der Waals surface area contributed by atoms with Crippen molar-refractivity contribution < 1.29 is 23.1 Å². The Morgan fingerprint density at radius 2 is 2.10 bits per heavy atom. The van der Waals surface area contributed by atoms with Crippen molar-refractivity contribution in [3.8, 4) is 0 Å². The highest BCUT2D eigenvalue weighted by molar-refractivity contribution is 7.89. The quantitative estimate of drug-likeness (QED) is 0.830. The van der Waals surface area contributed by atoms with Gasteiger partial charge in [0.25, 0.3) is 0 Å². The number of rotatable bonds is 3. The molecular weight excluding hydrogens is 296 g/mol. The van der Waals surface area contributed by atoms with Gasteiger partial charge in [0.15, 0.2) is 0 Å². The van der Waals surface area contributed by atoms with Gasteiger partial charge in [-0.15, -0.1) is 0 Å². The molecule has 0 unspecified atom stereocenters. The summed E-state index contributed by atoms with van der Waals surface area (Å²) in [4.78, 5) is 22.5. The predicted octanol–water partition coefficient (Wildman–Crippen LogP) is 0.204. The fourth-order valence-electron chi connectivity index (χ4n) is 2.12.